The number of aliphatic carboxylic acids is 2. The first kappa shape index (κ1) is 73.7. The SMILES string of the molecule is CCC(C)C(NC(=O)C(Cc1cc[n+]([O-])cc1)NC(=O)C(NC(=O)C(CCCN=C(N)N)NC(=O)C(N)CC(=O)O)C(C)C)C(=O)NC(Cc1cnc[nH]1)C(=O)N1CCCC1C(=O)NC(Cc1ccccc1)C(=O)NC(Cc1cnc[nH]1)C(=O)NC(CC(C)C)C(=O)O. The summed E-state index contributed by atoms with van der Waals surface area (Å²) in [4.78, 5) is 172. The van der Waals surface area contributed by atoms with Gasteiger partial charge in [0, 0.05) is 74.7 Å². The molecule has 5 rings (SSSR count). The lowest BCUT2D eigenvalue weighted by molar-refractivity contribution is -0.605. The van der Waals surface area contributed by atoms with Gasteiger partial charge in [0.2, 0.25) is 53.2 Å². The number of nitrogens with zero attached hydrogens (tertiary/aromatic N) is 5. The van der Waals surface area contributed by atoms with Crippen molar-refractivity contribution in [1.82, 2.24) is 67.4 Å². The number of rotatable bonds is 37. The third-order valence-electron chi connectivity index (χ3n) is 15.6. The summed E-state index contributed by atoms with van der Waals surface area (Å²) in [7, 11) is 0. The van der Waals surface area contributed by atoms with Crippen molar-refractivity contribution >= 4 is 71.1 Å². The van der Waals surface area contributed by atoms with Crippen LogP contribution in [0.1, 0.15) is 109 Å². The molecule has 93 heavy (non-hydrogen) atoms. The van der Waals surface area contributed by atoms with Crippen molar-refractivity contribution in [3.05, 3.63) is 108 Å². The summed E-state index contributed by atoms with van der Waals surface area (Å²) in [5.74, 6) is -11.8. The zero-order valence-electron chi connectivity index (χ0n) is 53.0. The van der Waals surface area contributed by atoms with E-state index in [9.17, 15) is 63.4 Å². The van der Waals surface area contributed by atoms with Gasteiger partial charge in [-0.2, -0.15) is 4.73 Å². The molecule has 4 aromatic rings. The van der Waals surface area contributed by atoms with Crippen molar-refractivity contribution in [1.29, 1.82) is 0 Å². The summed E-state index contributed by atoms with van der Waals surface area (Å²) in [6, 6.07) is -2.23. The number of carbonyl (C=O) groups excluding carboxylic acids is 9. The lowest BCUT2D eigenvalue weighted by Crippen LogP contribution is -2.62. The second kappa shape index (κ2) is 36.1. The van der Waals surface area contributed by atoms with Crippen LogP contribution in [0.2, 0.25) is 0 Å². The van der Waals surface area contributed by atoms with E-state index in [2.05, 4.69) is 67.5 Å². The number of nitrogens with two attached hydrogens (primary N) is 3. The van der Waals surface area contributed by atoms with Crippen LogP contribution in [0.5, 0.6) is 0 Å². The molecule has 18 N–H and O–H groups in total. The first-order chi connectivity index (χ1) is 44.1. The van der Waals surface area contributed by atoms with Gasteiger partial charge in [0.1, 0.15) is 54.4 Å². The molecule has 1 aliphatic rings. The zero-order valence-corrected chi connectivity index (χ0v) is 53.0. The molecule has 4 heterocycles. The number of nitrogens with one attached hydrogen (secondary N) is 10. The van der Waals surface area contributed by atoms with E-state index in [0.717, 1.165) is 0 Å². The zero-order chi connectivity index (χ0) is 68.5. The van der Waals surface area contributed by atoms with Gasteiger partial charge in [-0.1, -0.05) is 78.3 Å². The fourth-order valence-corrected chi connectivity index (χ4v) is 10.3. The first-order valence-corrected chi connectivity index (χ1v) is 30.8. The molecule has 0 aliphatic carbocycles. The van der Waals surface area contributed by atoms with Crippen molar-refractivity contribution in [2.75, 3.05) is 13.1 Å². The second-order valence-electron chi connectivity index (χ2n) is 23.8. The minimum Gasteiger partial charge on any atom is -0.619 e. The Labute approximate surface area is 537 Å². The van der Waals surface area contributed by atoms with E-state index in [0.29, 0.717) is 40.1 Å². The van der Waals surface area contributed by atoms with Crippen LogP contribution in [0.15, 0.2) is 84.9 Å². The molecule has 0 bridgehead atoms. The van der Waals surface area contributed by atoms with Crippen molar-refractivity contribution in [2.24, 2.45) is 39.9 Å². The van der Waals surface area contributed by atoms with Crippen molar-refractivity contribution < 1.29 is 67.7 Å². The number of carbonyl (C=O) groups is 11. The number of carboxylic acid groups (broad SMARTS) is 2. The Balaban J connectivity index is 1.40. The maximum absolute atomic E-state index is 15.1. The summed E-state index contributed by atoms with van der Waals surface area (Å²) in [6.45, 7) is 10.3. The molecule has 11 atom stereocenters. The maximum Gasteiger partial charge on any atom is 0.326 e. The molecule has 3 aromatic heterocycles. The number of guanidine groups is 1. The maximum atomic E-state index is 15.1. The van der Waals surface area contributed by atoms with E-state index < -0.39 is 144 Å². The number of hydrogen-bond acceptors (Lipinski definition) is 16. The summed E-state index contributed by atoms with van der Waals surface area (Å²) in [5.41, 5.74) is 18.6. The molecular weight excluding hydrogens is 1210 g/mol. The highest BCUT2D eigenvalue weighted by Crippen LogP contribution is 2.22. The lowest BCUT2D eigenvalue weighted by Gasteiger charge is -2.32. The first-order valence-electron chi connectivity index (χ1n) is 30.8. The largest absolute Gasteiger partial charge is 0.619 e. The van der Waals surface area contributed by atoms with E-state index in [1.807, 2.05) is 0 Å². The number of aromatic amines is 2. The normalized spacial score (nSPS) is 16.1. The Morgan fingerprint density at radius 1 is 0.656 bits per heavy atom. The number of likely N-dealkylation sites (tertiary alicyclic amines) is 1. The van der Waals surface area contributed by atoms with Crippen LogP contribution in [0.4, 0.5) is 0 Å². The van der Waals surface area contributed by atoms with Gasteiger partial charge in [0.25, 0.3) is 0 Å². The standard InChI is InChI=1S/C61H88N18O14/c1-7-35(6)50(77-55(86)43(25-37-17-21-78(93)22-18-37)73-57(88)49(34(4)5)76-52(83)41(15-11-19-67-61(63)64)70-51(82)40(62)28-48(80)81)58(89)74-45(27-39-30-66-32-69-39)59(90)79-20-12-16-47(79)56(87)72-42(24-36-13-9-8-10-14-36)53(84)71-44(26-38-29-65-31-68-38)54(85)75-46(60(91)92)23-33(2)3/h8-10,13-14,17-18,21-22,29-35,40-47,49-50H,7,11-12,15-16,19-20,23-28,62H2,1-6H3,(H,65,68)(H,66,69)(H,70,82)(H,71,84)(H,72,87)(H,73,88)(H,74,89)(H,75,85)(H,76,83)(H,77,86)(H,80,81)(H,91,92)(H4,63,64,67). The quantitative estimate of drug-likeness (QED) is 0.00735. The van der Waals surface area contributed by atoms with Crippen LogP contribution in [0.25, 0.3) is 0 Å². The third kappa shape index (κ3) is 23.6. The number of H-pyrrole nitrogens is 2. The number of aromatic nitrogens is 5. The molecule has 1 saturated heterocycles. The highest BCUT2D eigenvalue weighted by Gasteiger charge is 2.42. The van der Waals surface area contributed by atoms with Gasteiger partial charge in [-0.3, -0.25) is 52.9 Å². The van der Waals surface area contributed by atoms with Crippen LogP contribution >= 0.6 is 0 Å². The summed E-state index contributed by atoms with van der Waals surface area (Å²) < 4.78 is 0.506. The van der Waals surface area contributed by atoms with Crippen molar-refractivity contribution in [3.63, 3.8) is 0 Å². The number of benzene rings is 1. The lowest BCUT2D eigenvalue weighted by atomic mass is 9.96. The van der Waals surface area contributed by atoms with Crippen LogP contribution in [-0.2, 0) is 78.4 Å². The van der Waals surface area contributed by atoms with Gasteiger partial charge in [-0.15, -0.1) is 0 Å². The van der Waals surface area contributed by atoms with E-state index in [1.165, 1.54) is 54.5 Å². The van der Waals surface area contributed by atoms with Crippen molar-refractivity contribution in [2.45, 2.75) is 173 Å². The highest BCUT2D eigenvalue weighted by atomic mass is 16.5. The Kier molecular flexibility index (Phi) is 28.6. The number of pyridine rings is 1. The number of amides is 9. The van der Waals surface area contributed by atoms with Gasteiger partial charge in [-0.25, -0.2) is 14.8 Å². The van der Waals surface area contributed by atoms with Crippen LogP contribution in [0.3, 0.4) is 0 Å². The molecule has 32 nitrogen and oxygen atoms in total. The molecule has 0 spiro atoms. The van der Waals surface area contributed by atoms with Gasteiger partial charge in [0.15, 0.2) is 18.4 Å². The Morgan fingerprint density at radius 2 is 1.16 bits per heavy atom. The van der Waals surface area contributed by atoms with Gasteiger partial charge >= 0.3 is 11.9 Å². The minimum absolute atomic E-state index is 0.0371. The summed E-state index contributed by atoms with van der Waals surface area (Å²) in [5, 5.41) is 52.7. The number of aliphatic imine (C=N–C) groups is 1. The fraction of sp³-hybridized carbons (Fsp3) is 0.525. The molecular formula is C61H88N18O14. The van der Waals surface area contributed by atoms with Crippen LogP contribution in [-0.4, -0.2) is 180 Å². The molecule has 0 saturated carbocycles. The molecule has 1 fully saturated rings. The molecule has 9 amide bonds. The second-order valence-corrected chi connectivity index (χ2v) is 23.8. The Morgan fingerprint density at radius 3 is 1.71 bits per heavy atom. The number of carboxylic acids is 2. The molecule has 1 aliphatic heterocycles. The predicted octanol–water partition coefficient (Wildman–Crippen LogP) is -2.41. The molecule has 11 unspecified atom stereocenters. The minimum atomic E-state index is -1.54. The van der Waals surface area contributed by atoms with Gasteiger partial charge in [-0.05, 0) is 61.0 Å². The fourth-order valence-electron chi connectivity index (χ4n) is 10.3. The van der Waals surface area contributed by atoms with E-state index in [-0.39, 0.29) is 76.3 Å². The Bertz CT molecular complexity index is 3180. The summed E-state index contributed by atoms with van der Waals surface area (Å²) in [6.07, 6.45) is 7.49. The topological polar surface area (TPSA) is 502 Å². The molecule has 1 aromatic carbocycles. The van der Waals surface area contributed by atoms with E-state index >= 15 is 4.79 Å². The van der Waals surface area contributed by atoms with Crippen LogP contribution in [0, 0.1) is 23.0 Å². The van der Waals surface area contributed by atoms with Crippen LogP contribution < -0.4 is 64.5 Å². The predicted molar refractivity (Wildman–Crippen MR) is 336 cm³/mol. The van der Waals surface area contributed by atoms with E-state index in [4.69, 9.17) is 17.2 Å². The molecule has 506 valence electrons. The van der Waals surface area contributed by atoms with E-state index in [1.54, 1.807) is 71.9 Å². The van der Waals surface area contributed by atoms with Crippen molar-refractivity contribution in [3.8, 4) is 0 Å². The van der Waals surface area contributed by atoms with Gasteiger partial charge in [0.05, 0.1) is 25.1 Å². The third-order valence-corrected chi connectivity index (χ3v) is 15.6. The van der Waals surface area contributed by atoms with Gasteiger partial charge < -0.3 is 90.0 Å². The number of imidazole rings is 2. The number of hydrogen-bond donors (Lipinski definition) is 15. The Hall–Kier alpha value is -10.0. The monoisotopic (exact) mass is 1300 g/mol. The molecule has 32 heteroatoms. The highest BCUT2D eigenvalue weighted by molar-refractivity contribution is 5.99. The average Bonchev–Trinajstić information content (AvgIpc) is 1.81. The summed E-state index contributed by atoms with van der Waals surface area (Å²) >= 11 is 0. The molecule has 0 radical (unpaired) electrons. The average molecular weight is 1300 g/mol. The smallest absolute Gasteiger partial charge is 0.326 e.